The van der Waals surface area contributed by atoms with Crippen LogP contribution in [0, 0.1) is 0 Å². The molecule has 0 spiro atoms. The average Bonchev–Trinajstić information content (AvgIpc) is 2.68. The van der Waals surface area contributed by atoms with Crippen LogP contribution in [0.1, 0.15) is 17.3 Å². The molecule has 7 nitrogen and oxygen atoms in total. The van der Waals surface area contributed by atoms with Crippen LogP contribution in [-0.4, -0.2) is 39.1 Å². The molecule has 1 heterocycles. The van der Waals surface area contributed by atoms with Gasteiger partial charge in [-0.3, -0.25) is 9.78 Å². The molecule has 0 saturated heterocycles. The topological polar surface area (TPSA) is 97.4 Å². The van der Waals surface area contributed by atoms with Gasteiger partial charge in [-0.05, 0) is 43.3 Å². The number of hydrogen-bond acceptors (Lipinski definition) is 5. The summed E-state index contributed by atoms with van der Waals surface area (Å²) in [4.78, 5) is 16.9. The predicted molar refractivity (Wildman–Crippen MR) is 108 cm³/mol. The van der Waals surface area contributed by atoms with Crippen LogP contribution in [0.5, 0.6) is 0 Å². The largest absolute Gasteiger partial charge is 0.383 e. The summed E-state index contributed by atoms with van der Waals surface area (Å²) in [6.45, 7) is 1.97. The van der Waals surface area contributed by atoms with Crippen LogP contribution in [0.25, 0.3) is 10.9 Å². The summed E-state index contributed by atoms with van der Waals surface area (Å²) >= 11 is 0. The van der Waals surface area contributed by atoms with Gasteiger partial charge in [0.25, 0.3) is 5.91 Å². The number of para-hydroxylation sites is 1. The number of hydrogen-bond donors (Lipinski definition) is 2. The van der Waals surface area contributed by atoms with Crippen LogP contribution >= 0.6 is 0 Å². The lowest BCUT2D eigenvalue weighted by Crippen LogP contribution is -2.35. The number of carbonyl (C=O) groups excluding carboxylic acids is 1. The Balaban J connectivity index is 1.77. The van der Waals surface area contributed by atoms with E-state index in [1.807, 2.05) is 24.3 Å². The lowest BCUT2D eigenvalue weighted by molar-refractivity contribution is 0.102. The monoisotopic (exact) mass is 399 g/mol. The van der Waals surface area contributed by atoms with E-state index in [-0.39, 0.29) is 23.5 Å². The third-order valence-electron chi connectivity index (χ3n) is 4.08. The van der Waals surface area contributed by atoms with E-state index in [1.54, 1.807) is 19.2 Å². The Kier molecular flexibility index (Phi) is 6.03. The zero-order valence-electron chi connectivity index (χ0n) is 15.5. The van der Waals surface area contributed by atoms with Gasteiger partial charge in [0, 0.05) is 30.3 Å². The minimum Gasteiger partial charge on any atom is -0.383 e. The highest BCUT2D eigenvalue weighted by Gasteiger charge is 2.18. The molecule has 1 atom stereocenters. The van der Waals surface area contributed by atoms with Crippen LogP contribution in [0.3, 0.4) is 0 Å². The van der Waals surface area contributed by atoms with Crippen molar-refractivity contribution in [1.29, 1.82) is 0 Å². The molecule has 2 aromatic carbocycles. The lowest BCUT2D eigenvalue weighted by atomic mass is 10.1. The minimum atomic E-state index is -3.68. The molecule has 146 valence electrons. The third-order valence-corrected chi connectivity index (χ3v) is 5.69. The van der Waals surface area contributed by atoms with Crippen molar-refractivity contribution in [3.05, 3.63) is 66.4 Å². The molecule has 3 rings (SSSR count). The highest BCUT2D eigenvalue weighted by molar-refractivity contribution is 7.89. The van der Waals surface area contributed by atoms with Crippen molar-refractivity contribution >= 4 is 32.5 Å². The van der Waals surface area contributed by atoms with Crippen molar-refractivity contribution < 1.29 is 17.9 Å². The van der Waals surface area contributed by atoms with E-state index in [1.165, 1.54) is 31.4 Å². The number of nitrogens with zero attached hydrogens (tertiary/aromatic N) is 1. The molecule has 0 saturated carbocycles. The number of nitrogens with one attached hydrogen (secondary N) is 2. The van der Waals surface area contributed by atoms with Crippen molar-refractivity contribution in [2.75, 3.05) is 19.0 Å². The summed E-state index contributed by atoms with van der Waals surface area (Å²) in [7, 11) is -2.18. The number of methoxy groups -OCH3 is 1. The number of carbonyl (C=O) groups is 1. The molecule has 1 amide bonds. The van der Waals surface area contributed by atoms with Crippen LogP contribution in [0.4, 0.5) is 5.69 Å². The Morgan fingerprint density at radius 2 is 1.82 bits per heavy atom. The zero-order valence-corrected chi connectivity index (χ0v) is 16.4. The Hall–Kier alpha value is -2.81. The number of amides is 1. The van der Waals surface area contributed by atoms with Crippen LogP contribution in [0.15, 0.2) is 65.7 Å². The second-order valence-corrected chi connectivity index (χ2v) is 8.05. The standard InChI is InChI=1S/C20H21N3O4S/c1-14(13-27-2)23-28(25,26)17-10-8-16(9-11-17)20(24)22-18-7-3-5-15-6-4-12-21-19(15)18/h3-12,14,23H,13H2,1-2H3,(H,22,24)/t14-/m0/s1. The van der Waals surface area contributed by atoms with Crippen molar-refractivity contribution in [1.82, 2.24) is 9.71 Å². The van der Waals surface area contributed by atoms with Crippen molar-refractivity contribution in [2.45, 2.75) is 17.9 Å². The van der Waals surface area contributed by atoms with Crippen molar-refractivity contribution in [3.8, 4) is 0 Å². The number of pyridine rings is 1. The summed E-state index contributed by atoms with van der Waals surface area (Å²) in [5.41, 5.74) is 1.63. The van der Waals surface area contributed by atoms with Gasteiger partial charge in [-0.15, -0.1) is 0 Å². The van der Waals surface area contributed by atoms with Crippen LogP contribution < -0.4 is 10.0 Å². The number of fused-ring (bicyclic) bond motifs is 1. The molecule has 0 aliphatic heterocycles. The Labute approximate surface area is 163 Å². The fraction of sp³-hybridized carbons (Fsp3) is 0.200. The fourth-order valence-electron chi connectivity index (χ4n) is 2.80. The van der Waals surface area contributed by atoms with E-state index in [9.17, 15) is 13.2 Å². The minimum absolute atomic E-state index is 0.0823. The summed E-state index contributed by atoms with van der Waals surface area (Å²) in [5.74, 6) is -0.345. The molecule has 0 aliphatic carbocycles. The molecule has 0 unspecified atom stereocenters. The van der Waals surface area contributed by atoms with Gasteiger partial charge in [0.1, 0.15) is 0 Å². The molecule has 2 N–H and O–H groups in total. The number of ether oxygens (including phenoxy) is 1. The zero-order chi connectivity index (χ0) is 20.1. The number of aromatic nitrogens is 1. The first-order valence-electron chi connectivity index (χ1n) is 8.67. The number of benzene rings is 2. The van der Waals surface area contributed by atoms with Crippen molar-refractivity contribution in [2.24, 2.45) is 0 Å². The molecule has 0 fully saturated rings. The summed E-state index contributed by atoms with van der Waals surface area (Å²) in [6, 6.07) is 14.6. The van der Waals surface area contributed by atoms with Gasteiger partial charge in [-0.25, -0.2) is 13.1 Å². The van der Waals surface area contributed by atoms with E-state index in [0.717, 1.165) is 5.39 Å². The molecule has 0 bridgehead atoms. The maximum atomic E-state index is 12.6. The molecule has 0 aliphatic rings. The Bertz CT molecular complexity index is 1080. The fourth-order valence-corrected chi connectivity index (χ4v) is 4.03. The first-order valence-corrected chi connectivity index (χ1v) is 10.2. The second-order valence-electron chi connectivity index (χ2n) is 6.34. The normalized spacial score (nSPS) is 12.6. The quantitative estimate of drug-likeness (QED) is 0.637. The molecule has 8 heteroatoms. The molecular weight excluding hydrogens is 378 g/mol. The highest BCUT2D eigenvalue weighted by Crippen LogP contribution is 2.21. The highest BCUT2D eigenvalue weighted by atomic mass is 32.2. The van der Waals surface area contributed by atoms with Gasteiger partial charge in [-0.2, -0.15) is 0 Å². The Morgan fingerprint density at radius 1 is 1.11 bits per heavy atom. The van der Waals surface area contributed by atoms with Gasteiger partial charge < -0.3 is 10.1 Å². The number of sulfonamides is 1. The first kappa shape index (κ1) is 19.9. The predicted octanol–water partition coefficient (Wildman–Crippen LogP) is 2.80. The molecule has 1 aromatic heterocycles. The van der Waals surface area contributed by atoms with Gasteiger partial charge in [0.15, 0.2) is 0 Å². The summed E-state index contributed by atoms with van der Waals surface area (Å²) in [6.07, 6.45) is 1.66. The maximum Gasteiger partial charge on any atom is 0.255 e. The SMILES string of the molecule is COC[C@H](C)NS(=O)(=O)c1ccc(C(=O)Nc2cccc3cccnc23)cc1. The van der Waals surface area contributed by atoms with Gasteiger partial charge in [-0.1, -0.05) is 18.2 Å². The van der Waals surface area contributed by atoms with E-state index < -0.39 is 10.0 Å². The van der Waals surface area contributed by atoms with E-state index in [4.69, 9.17) is 4.74 Å². The van der Waals surface area contributed by atoms with E-state index >= 15 is 0 Å². The van der Waals surface area contributed by atoms with Crippen molar-refractivity contribution in [3.63, 3.8) is 0 Å². The van der Waals surface area contributed by atoms with Gasteiger partial charge in [0.05, 0.1) is 22.7 Å². The second kappa shape index (κ2) is 8.47. The lowest BCUT2D eigenvalue weighted by Gasteiger charge is -2.13. The van der Waals surface area contributed by atoms with E-state index in [2.05, 4.69) is 15.0 Å². The molecule has 28 heavy (non-hydrogen) atoms. The van der Waals surface area contributed by atoms with Gasteiger partial charge >= 0.3 is 0 Å². The molecule has 0 radical (unpaired) electrons. The van der Waals surface area contributed by atoms with Gasteiger partial charge in [0.2, 0.25) is 10.0 Å². The Morgan fingerprint density at radius 3 is 2.54 bits per heavy atom. The molecule has 3 aromatic rings. The number of rotatable bonds is 7. The summed E-state index contributed by atoms with van der Waals surface area (Å²) in [5, 5.41) is 3.74. The molecular formula is C20H21N3O4S. The maximum absolute atomic E-state index is 12.6. The average molecular weight is 399 g/mol. The summed E-state index contributed by atoms with van der Waals surface area (Å²) < 4.78 is 32.2. The number of anilines is 1. The smallest absolute Gasteiger partial charge is 0.255 e. The van der Waals surface area contributed by atoms with Crippen LogP contribution in [-0.2, 0) is 14.8 Å². The third kappa shape index (κ3) is 4.53. The first-order chi connectivity index (χ1) is 13.4. The van der Waals surface area contributed by atoms with Crippen LogP contribution in [0.2, 0.25) is 0 Å². The van der Waals surface area contributed by atoms with E-state index in [0.29, 0.717) is 16.8 Å².